The Hall–Kier alpha value is -4.13. The fraction of sp³-hybridized carbons (Fsp3) is 0.0870. The number of nitro benzene ring substituents is 1. The summed E-state index contributed by atoms with van der Waals surface area (Å²) in [6.45, 7) is 2.00. The van der Waals surface area contributed by atoms with Gasteiger partial charge in [-0.15, -0.1) is 12.4 Å². The Labute approximate surface area is 205 Å². The van der Waals surface area contributed by atoms with Crippen molar-refractivity contribution >= 4 is 52.0 Å². The highest BCUT2D eigenvalue weighted by Crippen LogP contribution is 2.38. The molecule has 0 atom stereocenters. The van der Waals surface area contributed by atoms with E-state index in [0.717, 1.165) is 0 Å². The highest BCUT2D eigenvalue weighted by atomic mass is 35.5. The second-order valence-corrected chi connectivity index (χ2v) is 7.15. The minimum Gasteiger partial charge on any atom is -0.487 e. The number of rotatable bonds is 7. The summed E-state index contributed by atoms with van der Waals surface area (Å²) in [5.74, 6) is 1.13. The Morgan fingerprint density at radius 3 is 2.59 bits per heavy atom. The minimum absolute atomic E-state index is 0. The van der Waals surface area contributed by atoms with Crippen LogP contribution in [0.3, 0.4) is 0 Å². The van der Waals surface area contributed by atoms with Gasteiger partial charge in [-0.25, -0.2) is 0 Å². The zero-order valence-electron chi connectivity index (χ0n) is 17.7. The summed E-state index contributed by atoms with van der Waals surface area (Å²) >= 11 is 6.40. The third kappa shape index (κ3) is 5.09. The van der Waals surface area contributed by atoms with Crippen LogP contribution in [0, 0.1) is 21.4 Å². The lowest BCUT2D eigenvalue weighted by molar-refractivity contribution is -0.385. The second kappa shape index (κ2) is 10.7. The van der Waals surface area contributed by atoms with Crippen molar-refractivity contribution in [1.82, 2.24) is 9.97 Å². The molecule has 11 heteroatoms. The second-order valence-electron chi connectivity index (χ2n) is 6.74. The quantitative estimate of drug-likeness (QED) is 0.229. The van der Waals surface area contributed by atoms with E-state index in [4.69, 9.17) is 21.1 Å². The Balaban J connectivity index is 0.00000324. The maximum Gasteiger partial charge on any atom is 0.311 e. The molecule has 0 spiro atoms. The summed E-state index contributed by atoms with van der Waals surface area (Å²) < 4.78 is 11.2. The molecule has 4 aromatic rings. The van der Waals surface area contributed by atoms with E-state index in [0.29, 0.717) is 38.8 Å². The molecule has 0 bridgehead atoms. The van der Waals surface area contributed by atoms with Crippen molar-refractivity contribution in [2.24, 2.45) is 0 Å². The molecule has 2 heterocycles. The predicted molar refractivity (Wildman–Crippen MR) is 131 cm³/mol. The van der Waals surface area contributed by atoms with Gasteiger partial charge in [0, 0.05) is 41.8 Å². The number of hydrogen-bond acceptors (Lipinski definition) is 8. The van der Waals surface area contributed by atoms with E-state index in [1.165, 1.54) is 18.3 Å². The zero-order valence-corrected chi connectivity index (χ0v) is 19.3. The molecule has 0 radical (unpaired) electrons. The number of ether oxygens (including phenoxy) is 2. The van der Waals surface area contributed by atoms with Crippen molar-refractivity contribution in [2.45, 2.75) is 6.92 Å². The van der Waals surface area contributed by atoms with Crippen LogP contribution in [0.5, 0.6) is 17.2 Å². The van der Waals surface area contributed by atoms with Crippen LogP contribution in [0.2, 0.25) is 5.02 Å². The molecule has 0 aliphatic carbocycles. The summed E-state index contributed by atoms with van der Waals surface area (Å²) in [4.78, 5) is 19.2. The van der Waals surface area contributed by atoms with Gasteiger partial charge in [-0.3, -0.25) is 20.1 Å². The van der Waals surface area contributed by atoms with Crippen LogP contribution in [0.15, 0.2) is 61.1 Å². The molecule has 0 fully saturated rings. The van der Waals surface area contributed by atoms with E-state index in [2.05, 4.69) is 21.4 Å². The molecule has 2 aromatic heterocycles. The summed E-state index contributed by atoms with van der Waals surface area (Å²) in [7, 11) is 0. The van der Waals surface area contributed by atoms with Crippen molar-refractivity contribution in [3.63, 3.8) is 0 Å². The van der Waals surface area contributed by atoms with Crippen LogP contribution < -0.4 is 14.8 Å². The van der Waals surface area contributed by atoms with Gasteiger partial charge in [-0.05, 0) is 37.3 Å². The van der Waals surface area contributed by atoms with E-state index in [9.17, 15) is 15.4 Å². The van der Waals surface area contributed by atoms with Crippen LogP contribution in [0.1, 0.15) is 12.5 Å². The monoisotopic (exact) mass is 497 g/mol. The SMILES string of the molecule is CCOc1cc2ncc(C#N)c(Nc3ccc(Oc4ccncc4)c(Cl)c3)c2cc1[N+](=O)[O-].Cl. The average Bonchev–Trinajstić information content (AvgIpc) is 2.81. The average molecular weight is 498 g/mol. The number of anilines is 2. The number of benzene rings is 2. The third-order valence-electron chi connectivity index (χ3n) is 4.64. The van der Waals surface area contributed by atoms with E-state index in [1.807, 2.05) is 0 Å². The van der Waals surface area contributed by atoms with Gasteiger partial charge in [0.25, 0.3) is 0 Å². The van der Waals surface area contributed by atoms with E-state index in [-0.39, 0.29) is 36.0 Å². The van der Waals surface area contributed by atoms with Gasteiger partial charge in [-0.2, -0.15) is 5.26 Å². The lowest BCUT2D eigenvalue weighted by Crippen LogP contribution is -2.01. The van der Waals surface area contributed by atoms with Crippen LogP contribution >= 0.6 is 24.0 Å². The van der Waals surface area contributed by atoms with Crippen LogP contribution in [0.25, 0.3) is 10.9 Å². The smallest absolute Gasteiger partial charge is 0.311 e. The number of nitrogens with one attached hydrogen (secondary N) is 1. The summed E-state index contributed by atoms with van der Waals surface area (Å²) in [5.41, 5.74) is 1.36. The normalized spacial score (nSPS) is 10.1. The number of nitro groups is 1. The van der Waals surface area contributed by atoms with Crippen LogP contribution in [-0.2, 0) is 0 Å². The van der Waals surface area contributed by atoms with Crippen molar-refractivity contribution in [3.05, 3.63) is 81.8 Å². The minimum atomic E-state index is -0.532. The first kappa shape index (κ1) is 24.5. The van der Waals surface area contributed by atoms with Gasteiger partial charge < -0.3 is 14.8 Å². The van der Waals surface area contributed by atoms with Crippen LogP contribution in [-0.4, -0.2) is 21.5 Å². The van der Waals surface area contributed by atoms with Gasteiger partial charge >= 0.3 is 5.69 Å². The number of fused-ring (bicyclic) bond motifs is 1. The first-order chi connectivity index (χ1) is 16.0. The van der Waals surface area contributed by atoms with Gasteiger partial charge in [-0.1, -0.05) is 11.6 Å². The van der Waals surface area contributed by atoms with Gasteiger partial charge in [0.1, 0.15) is 17.6 Å². The Morgan fingerprint density at radius 1 is 1.18 bits per heavy atom. The number of nitriles is 1. The molecule has 0 amide bonds. The third-order valence-corrected chi connectivity index (χ3v) is 4.94. The van der Waals surface area contributed by atoms with E-state index in [1.54, 1.807) is 49.6 Å². The molecular formula is C23H17Cl2N5O4. The molecule has 4 rings (SSSR count). The molecule has 172 valence electrons. The topological polar surface area (TPSA) is 123 Å². The van der Waals surface area contributed by atoms with E-state index < -0.39 is 4.92 Å². The number of halogens is 2. The number of hydrogen-bond donors (Lipinski definition) is 1. The highest BCUT2D eigenvalue weighted by Gasteiger charge is 2.20. The van der Waals surface area contributed by atoms with Crippen molar-refractivity contribution < 1.29 is 14.4 Å². The maximum atomic E-state index is 11.6. The van der Waals surface area contributed by atoms with Crippen molar-refractivity contribution in [2.75, 3.05) is 11.9 Å². The van der Waals surface area contributed by atoms with Crippen molar-refractivity contribution in [3.8, 4) is 23.3 Å². The fourth-order valence-corrected chi connectivity index (χ4v) is 3.40. The summed E-state index contributed by atoms with van der Waals surface area (Å²) in [5, 5.41) is 25.0. The Kier molecular flexibility index (Phi) is 7.68. The molecule has 0 saturated carbocycles. The summed E-state index contributed by atoms with van der Waals surface area (Å²) in [6.07, 6.45) is 4.61. The maximum absolute atomic E-state index is 11.6. The zero-order chi connectivity index (χ0) is 23.4. The Bertz CT molecular complexity index is 1390. The standard InChI is InChI=1S/C23H16ClN5O4.ClH/c1-2-32-22-11-19-17(10-20(22)29(30)31)23(14(12-25)13-27-19)28-15-3-4-21(18(24)9-15)33-16-5-7-26-8-6-16;/h3-11,13H,2H2,1H3,(H,27,28);1H. The largest absolute Gasteiger partial charge is 0.487 e. The molecule has 9 nitrogen and oxygen atoms in total. The number of pyridine rings is 2. The first-order valence-corrected chi connectivity index (χ1v) is 10.2. The molecule has 1 N–H and O–H groups in total. The molecule has 0 aliphatic rings. The Morgan fingerprint density at radius 2 is 1.94 bits per heavy atom. The van der Waals surface area contributed by atoms with E-state index >= 15 is 0 Å². The molecule has 34 heavy (non-hydrogen) atoms. The fourth-order valence-electron chi connectivity index (χ4n) is 3.18. The first-order valence-electron chi connectivity index (χ1n) is 9.78. The number of aromatic nitrogens is 2. The summed E-state index contributed by atoms with van der Waals surface area (Å²) in [6, 6.07) is 13.3. The van der Waals surface area contributed by atoms with Gasteiger partial charge in [0.05, 0.1) is 33.3 Å². The highest BCUT2D eigenvalue weighted by molar-refractivity contribution is 6.32. The molecule has 0 aliphatic heterocycles. The van der Waals surface area contributed by atoms with Gasteiger partial charge in [0.15, 0.2) is 5.75 Å². The lowest BCUT2D eigenvalue weighted by Gasteiger charge is -2.14. The lowest BCUT2D eigenvalue weighted by atomic mass is 10.1. The van der Waals surface area contributed by atoms with Gasteiger partial charge in [0.2, 0.25) is 0 Å². The predicted octanol–water partition coefficient (Wildman–Crippen LogP) is 6.42. The van der Waals surface area contributed by atoms with Crippen molar-refractivity contribution in [1.29, 1.82) is 5.26 Å². The molecule has 0 unspecified atom stereocenters. The molecular weight excluding hydrogens is 481 g/mol. The molecule has 2 aromatic carbocycles. The number of nitrogens with zero attached hydrogens (tertiary/aromatic N) is 4. The molecule has 0 saturated heterocycles. The van der Waals surface area contributed by atoms with Crippen LogP contribution in [0.4, 0.5) is 17.1 Å².